The summed E-state index contributed by atoms with van der Waals surface area (Å²) >= 11 is 0. The molecule has 0 spiro atoms. The lowest BCUT2D eigenvalue weighted by Gasteiger charge is -1.98. The van der Waals surface area contributed by atoms with Gasteiger partial charge in [0, 0.05) is 13.2 Å². The van der Waals surface area contributed by atoms with E-state index in [2.05, 4.69) is 4.52 Å². The molecule has 0 fully saturated rings. The van der Waals surface area contributed by atoms with Gasteiger partial charge in [0.25, 0.3) is 0 Å². The van der Waals surface area contributed by atoms with Crippen molar-refractivity contribution in [2.24, 2.45) is 0 Å². The monoisotopic (exact) mass is 200 g/mol. The highest BCUT2D eigenvalue weighted by Crippen LogP contribution is 2.34. The highest BCUT2D eigenvalue weighted by atomic mass is 31.2. The molecule has 0 aliphatic rings. The van der Waals surface area contributed by atoms with Gasteiger partial charge in [0.1, 0.15) is 0 Å². The molecule has 0 aliphatic carbocycles. The predicted octanol–water partition coefficient (Wildman–Crippen LogP) is 1.16. The van der Waals surface area contributed by atoms with Gasteiger partial charge >= 0.3 is 7.82 Å². The largest absolute Gasteiger partial charge is 0.469 e. The number of rotatable bonds is 4. The molecule has 0 amide bonds. The van der Waals surface area contributed by atoms with E-state index in [-0.39, 0.29) is 6.61 Å². The molecule has 0 aliphatic heterocycles. The maximum absolute atomic E-state index is 9.70. The highest BCUT2D eigenvalue weighted by Gasteiger charge is 2.10. The van der Waals surface area contributed by atoms with Gasteiger partial charge in [0.05, 0.1) is 6.61 Å². The third-order valence-electron chi connectivity index (χ3n) is 0.706. The van der Waals surface area contributed by atoms with E-state index in [0.29, 0.717) is 0 Å². The van der Waals surface area contributed by atoms with E-state index < -0.39 is 7.82 Å². The number of phosphoric ester groups is 1. The Morgan fingerprint density at radius 2 is 1.50 bits per heavy atom. The van der Waals surface area contributed by atoms with Crippen LogP contribution in [0.25, 0.3) is 0 Å². The Bertz CT molecular complexity index is 119. The van der Waals surface area contributed by atoms with Crippen LogP contribution in [0.15, 0.2) is 0 Å². The maximum Gasteiger partial charge on any atom is 0.469 e. The Hall–Kier alpha value is 0.0700. The fraction of sp³-hybridized carbons (Fsp3) is 1.00. The second-order valence-corrected chi connectivity index (χ2v) is 2.93. The first kappa shape index (κ1) is 14.6. The predicted molar refractivity (Wildman–Crippen MR) is 45.8 cm³/mol. The lowest BCUT2D eigenvalue weighted by atomic mass is 10.8. The van der Waals surface area contributed by atoms with Crippen molar-refractivity contribution in [3.63, 3.8) is 0 Å². The second-order valence-electron chi connectivity index (χ2n) is 1.69. The van der Waals surface area contributed by atoms with Gasteiger partial charge in [-0.3, -0.25) is 4.52 Å². The normalized spacial score (nSPS) is 10.4. The zero-order valence-electron chi connectivity index (χ0n) is 7.69. The Morgan fingerprint density at radius 1 is 1.08 bits per heavy atom. The zero-order chi connectivity index (χ0) is 10.0. The van der Waals surface area contributed by atoms with E-state index in [4.69, 9.17) is 14.5 Å². The summed E-state index contributed by atoms with van der Waals surface area (Å²) in [5.41, 5.74) is 0. The molecule has 0 unspecified atom stereocenters. The van der Waals surface area contributed by atoms with Gasteiger partial charge in [0.15, 0.2) is 0 Å². The van der Waals surface area contributed by atoms with Crippen LogP contribution in [0, 0.1) is 0 Å². The van der Waals surface area contributed by atoms with Crippen molar-refractivity contribution in [2.75, 3.05) is 19.8 Å². The molecule has 0 rings (SSSR count). The molecule has 0 bridgehead atoms. The lowest BCUT2D eigenvalue weighted by Crippen LogP contribution is -1.84. The summed E-state index contributed by atoms with van der Waals surface area (Å²) < 4.78 is 18.4. The number of hydrogen-bond donors (Lipinski definition) is 2. The highest BCUT2D eigenvalue weighted by molar-refractivity contribution is 7.46. The van der Waals surface area contributed by atoms with Gasteiger partial charge in [-0.1, -0.05) is 0 Å². The van der Waals surface area contributed by atoms with Crippen molar-refractivity contribution >= 4 is 7.82 Å². The minimum atomic E-state index is -4.17. The lowest BCUT2D eigenvalue weighted by molar-refractivity contribution is 0.162. The molecule has 0 saturated carbocycles. The van der Waals surface area contributed by atoms with Crippen LogP contribution >= 0.6 is 7.82 Å². The molecule has 0 aromatic heterocycles. The van der Waals surface area contributed by atoms with Crippen LogP contribution < -0.4 is 0 Å². The molecule has 0 aromatic rings. The van der Waals surface area contributed by atoms with Crippen molar-refractivity contribution in [3.8, 4) is 0 Å². The fourth-order valence-corrected chi connectivity index (χ4v) is 0.709. The molecule has 12 heavy (non-hydrogen) atoms. The van der Waals surface area contributed by atoms with E-state index in [1.165, 1.54) is 6.92 Å². The Balaban J connectivity index is 0. The van der Waals surface area contributed by atoms with Crippen LogP contribution in [0.2, 0.25) is 0 Å². The van der Waals surface area contributed by atoms with E-state index in [9.17, 15) is 4.57 Å². The average molecular weight is 200 g/mol. The van der Waals surface area contributed by atoms with Gasteiger partial charge in [-0.05, 0) is 20.8 Å². The molecule has 0 atom stereocenters. The molecular weight excluding hydrogens is 183 g/mol. The van der Waals surface area contributed by atoms with Gasteiger partial charge in [-0.25, -0.2) is 4.57 Å². The molecule has 0 aromatic carbocycles. The minimum absolute atomic E-state index is 0.0459. The average Bonchev–Trinajstić information content (AvgIpc) is 1.87. The van der Waals surface area contributed by atoms with Crippen LogP contribution in [0.3, 0.4) is 0 Å². The van der Waals surface area contributed by atoms with Gasteiger partial charge in [-0.15, -0.1) is 0 Å². The van der Waals surface area contributed by atoms with Crippen LogP contribution in [-0.2, 0) is 13.8 Å². The quantitative estimate of drug-likeness (QED) is 0.666. The van der Waals surface area contributed by atoms with Crippen LogP contribution in [-0.4, -0.2) is 29.6 Å². The van der Waals surface area contributed by atoms with Crippen molar-refractivity contribution < 1.29 is 23.6 Å². The Kier molecular flexibility index (Phi) is 11.1. The van der Waals surface area contributed by atoms with E-state index in [0.717, 1.165) is 13.2 Å². The first-order chi connectivity index (χ1) is 5.47. The standard InChI is InChI=1S/C4H10O.C2H7O4P/c1-3-5-4-2;1-2-6-7(3,4)5/h3-4H2,1-2H3;2H2,1H3,(H2,3,4,5). The van der Waals surface area contributed by atoms with Crippen LogP contribution in [0.1, 0.15) is 20.8 Å². The molecule has 76 valence electrons. The number of ether oxygens (including phenoxy) is 1. The third-order valence-corrected chi connectivity index (χ3v) is 1.30. The third kappa shape index (κ3) is 22.5. The van der Waals surface area contributed by atoms with Crippen molar-refractivity contribution in [1.82, 2.24) is 0 Å². The first-order valence-corrected chi connectivity index (χ1v) is 5.28. The van der Waals surface area contributed by atoms with Gasteiger partial charge in [0.2, 0.25) is 0 Å². The van der Waals surface area contributed by atoms with Gasteiger partial charge in [-0.2, -0.15) is 0 Å². The minimum Gasteiger partial charge on any atom is -0.382 e. The molecule has 6 heteroatoms. The summed E-state index contributed by atoms with van der Waals surface area (Å²) in [6.45, 7) is 7.23. The van der Waals surface area contributed by atoms with Crippen molar-refractivity contribution in [2.45, 2.75) is 20.8 Å². The van der Waals surface area contributed by atoms with E-state index >= 15 is 0 Å². The first-order valence-electron chi connectivity index (χ1n) is 3.75. The summed E-state index contributed by atoms with van der Waals surface area (Å²) in [4.78, 5) is 15.8. The van der Waals surface area contributed by atoms with Crippen LogP contribution in [0.5, 0.6) is 0 Å². The molecule has 0 heterocycles. The fourth-order valence-electron chi connectivity index (χ4n) is 0.372. The summed E-state index contributed by atoms with van der Waals surface area (Å²) in [6.07, 6.45) is 0. The van der Waals surface area contributed by atoms with E-state index in [1.807, 2.05) is 13.8 Å². The number of hydrogen-bond acceptors (Lipinski definition) is 3. The molecule has 0 saturated heterocycles. The van der Waals surface area contributed by atoms with Crippen molar-refractivity contribution in [3.05, 3.63) is 0 Å². The van der Waals surface area contributed by atoms with Crippen molar-refractivity contribution in [1.29, 1.82) is 0 Å². The Labute approximate surface area is 72.9 Å². The van der Waals surface area contributed by atoms with Crippen LogP contribution in [0.4, 0.5) is 0 Å². The summed E-state index contributed by atoms with van der Waals surface area (Å²) in [6, 6.07) is 0. The smallest absolute Gasteiger partial charge is 0.382 e. The maximum atomic E-state index is 9.70. The Morgan fingerprint density at radius 3 is 1.50 bits per heavy atom. The summed E-state index contributed by atoms with van der Waals surface area (Å²) in [7, 11) is -4.17. The molecule has 2 N–H and O–H groups in total. The molecule has 0 radical (unpaired) electrons. The van der Waals surface area contributed by atoms with E-state index in [1.54, 1.807) is 0 Å². The summed E-state index contributed by atoms with van der Waals surface area (Å²) in [5, 5.41) is 0. The molecule has 5 nitrogen and oxygen atoms in total. The topological polar surface area (TPSA) is 76.0 Å². The van der Waals surface area contributed by atoms with Gasteiger partial charge < -0.3 is 14.5 Å². The summed E-state index contributed by atoms with van der Waals surface area (Å²) in [5.74, 6) is 0. The second kappa shape index (κ2) is 9.16. The molecular formula is C6H17O5P. The number of phosphoric acid groups is 1. The zero-order valence-corrected chi connectivity index (χ0v) is 8.58. The SMILES string of the molecule is CCOCC.CCOP(=O)(O)O.